The maximum absolute atomic E-state index is 12.3. The summed E-state index contributed by atoms with van der Waals surface area (Å²) in [5.74, 6) is -3.15. The van der Waals surface area contributed by atoms with E-state index < -0.39 is 40.5 Å². The summed E-state index contributed by atoms with van der Waals surface area (Å²) >= 11 is 6.25. The molecule has 2 atom stereocenters. The fraction of sp³-hybridized carbons (Fsp3) is 0.500. The third-order valence-corrected chi connectivity index (χ3v) is 5.65. The van der Waals surface area contributed by atoms with Gasteiger partial charge in [0, 0.05) is 6.42 Å². The van der Waals surface area contributed by atoms with Gasteiger partial charge in [-0.25, -0.2) is 8.42 Å². The molecule has 1 rings (SSSR count). The van der Waals surface area contributed by atoms with Crippen LogP contribution in [0.15, 0.2) is 16.3 Å². The monoisotopic (exact) mass is 365 g/mol. The molecule has 2 N–H and O–H groups in total. The first-order valence-electron chi connectivity index (χ1n) is 5.49. The van der Waals surface area contributed by atoms with Crippen LogP contribution in [-0.2, 0) is 14.8 Å². The zero-order valence-corrected chi connectivity index (χ0v) is 12.9. The molecular weight excluding hydrogens is 355 g/mol. The fourth-order valence-electron chi connectivity index (χ4n) is 1.56. The van der Waals surface area contributed by atoms with Crippen molar-refractivity contribution in [2.24, 2.45) is 5.92 Å². The Bertz CT molecular complexity index is 614. The number of nitrogens with one attached hydrogen (secondary N) is 1. The second kappa shape index (κ2) is 6.51. The average Bonchev–Trinajstić information content (AvgIpc) is 2.70. The molecule has 0 bridgehead atoms. The van der Waals surface area contributed by atoms with E-state index in [4.69, 9.17) is 16.7 Å². The van der Waals surface area contributed by atoms with Gasteiger partial charge < -0.3 is 5.11 Å². The number of hydrogen-bond donors (Lipinski definition) is 2. The van der Waals surface area contributed by atoms with Crippen molar-refractivity contribution < 1.29 is 31.5 Å². The number of carboxylic acid groups (broad SMARTS) is 1. The van der Waals surface area contributed by atoms with Gasteiger partial charge in [0.15, 0.2) is 0 Å². The molecule has 0 radical (unpaired) electrons. The number of carboxylic acids is 1. The van der Waals surface area contributed by atoms with Crippen LogP contribution in [0.5, 0.6) is 0 Å². The number of halogens is 4. The third-order valence-electron chi connectivity index (χ3n) is 2.48. The van der Waals surface area contributed by atoms with Crippen LogP contribution in [-0.4, -0.2) is 31.7 Å². The van der Waals surface area contributed by atoms with Crippen molar-refractivity contribution in [3.8, 4) is 0 Å². The Balaban J connectivity index is 2.96. The molecule has 0 aliphatic heterocycles. The summed E-state index contributed by atoms with van der Waals surface area (Å²) in [5, 5.41) is 8.94. The predicted molar refractivity (Wildman–Crippen MR) is 70.9 cm³/mol. The summed E-state index contributed by atoms with van der Waals surface area (Å²) in [6, 6.07) is 0.538. The molecule has 1 aromatic rings. The molecule has 0 spiro atoms. The van der Waals surface area contributed by atoms with Gasteiger partial charge in [-0.3, -0.25) is 4.79 Å². The predicted octanol–water partition coefficient (Wildman–Crippen LogP) is 2.72. The van der Waals surface area contributed by atoms with Crippen molar-refractivity contribution >= 4 is 38.9 Å². The Morgan fingerprint density at radius 3 is 2.43 bits per heavy atom. The van der Waals surface area contributed by atoms with Crippen molar-refractivity contribution in [3.05, 3.63) is 16.5 Å². The minimum atomic E-state index is -4.59. The van der Waals surface area contributed by atoms with E-state index in [1.807, 2.05) is 0 Å². The van der Waals surface area contributed by atoms with E-state index in [0.29, 0.717) is 11.3 Å². The van der Waals surface area contributed by atoms with Crippen molar-refractivity contribution in [3.63, 3.8) is 0 Å². The van der Waals surface area contributed by atoms with Gasteiger partial charge in [-0.1, -0.05) is 18.5 Å². The molecule has 5 nitrogen and oxygen atoms in total. The number of sulfonamides is 1. The van der Waals surface area contributed by atoms with Gasteiger partial charge in [0.25, 0.3) is 10.0 Å². The van der Waals surface area contributed by atoms with Gasteiger partial charge >= 0.3 is 12.1 Å². The lowest BCUT2D eigenvalue weighted by atomic mass is 9.99. The molecule has 0 saturated heterocycles. The molecule has 0 aromatic carbocycles. The lowest BCUT2D eigenvalue weighted by Gasteiger charge is -2.22. The van der Waals surface area contributed by atoms with Crippen LogP contribution in [0.25, 0.3) is 0 Å². The molecule has 0 saturated carbocycles. The minimum absolute atomic E-state index is 0.158. The number of hydrogen-bond acceptors (Lipinski definition) is 4. The molecular formula is C10H11ClF3NO4S2. The average molecular weight is 366 g/mol. The molecule has 0 fully saturated rings. The highest BCUT2D eigenvalue weighted by Gasteiger charge is 2.38. The quantitative estimate of drug-likeness (QED) is 0.812. The van der Waals surface area contributed by atoms with Crippen LogP contribution < -0.4 is 4.72 Å². The molecule has 0 aliphatic carbocycles. The van der Waals surface area contributed by atoms with E-state index in [-0.39, 0.29) is 8.55 Å². The second-order valence-corrected chi connectivity index (χ2v) is 7.95. The van der Waals surface area contributed by atoms with Gasteiger partial charge in [0.05, 0.1) is 4.34 Å². The van der Waals surface area contributed by atoms with Gasteiger partial charge in [-0.2, -0.15) is 17.9 Å². The Kier molecular flexibility index (Phi) is 5.64. The summed E-state index contributed by atoms with van der Waals surface area (Å²) in [4.78, 5) is 11.0. The number of aliphatic carboxylic acids is 1. The third kappa shape index (κ3) is 5.46. The first kappa shape index (κ1) is 18.2. The Labute approximate surface area is 127 Å². The van der Waals surface area contributed by atoms with E-state index >= 15 is 0 Å². The normalized spacial score (nSPS) is 15.7. The second-order valence-electron chi connectivity index (χ2n) is 4.29. The van der Waals surface area contributed by atoms with Crippen LogP contribution in [0.2, 0.25) is 4.34 Å². The maximum atomic E-state index is 12.3. The van der Waals surface area contributed by atoms with Crippen molar-refractivity contribution in [2.45, 2.75) is 29.8 Å². The molecule has 2 unspecified atom stereocenters. The SMILES string of the molecule is CC(CC(F)(F)F)C(NS(=O)(=O)c1ccc(Cl)s1)C(=O)O. The number of thiophene rings is 1. The van der Waals surface area contributed by atoms with Crippen LogP contribution >= 0.6 is 22.9 Å². The first-order chi connectivity index (χ1) is 9.42. The molecule has 21 heavy (non-hydrogen) atoms. The molecule has 1 aromatic heterocycles. The van der Waals surface area contributed by atoms with Gasteiger partial charge in [-0.05, 0) is 18.1 Å². The molecule has 120 valence electrons. The highest BCUT2D eigenvalue weighted by atomic mass is 35.5. The summed E-state index contributed by atoms with van der Waals surface area (Å²) < 4.78 is 62.4. The summed E-state index contributed by atoms with van der Waals surface area (Å²) in [5.41, 5.74) is 0. The first-order valence-corrected chi connectivity index (χ1v) is 8.17. The van der Waals surface area contributed by atoms with Gasteiger partial charge in [0.1, 0.15) is 10.3 Å². The Hall–Kier alpha value is -0.840. The summed E-state index contributed by atoms with van der Waals surface area (Å²) in [7, 11) is -4.25. The highest BCUT2D eigenvalue weighted by molar-refractivity contribution is 7.91. The standard InChI is InChI=1S/C10H11ClF3NO4S2/c1-5(4-10(12,13)14)8(9(16)17)15-21(18,19)7-3-2-6(11)20-7/h2-3,5,8,15H,4H2,1H3,(H,16,17). The number of rotatable bonds is 6. The molecule has 11 heteroatoms. The van der Waals surface area contributed by atoms with E-state index in [2.05, 4.69) is 0 Å². The lowest BCUT2D eigenvalue weighted by Crippen LogP contribution is -2.45. The maximum Gasteiger partial charge on any atom is 0.389 e. The van der Waals surface area contributed by atoms with Crippen molar-refractivity contribution in [1.82, 2.24) is 4.72 Å². The van der Waals surface area contributed by atoms with E-state index in [9.17, 15) is 26.4 Å². The molecule has 0 aliphatic rings. The Morgan fingerprint density at radius 2 is 2.05 bits per heavy atom. The van der Waals surface area contributed by atoms with Crippen LogP contribution in [0.1, 0.15) is 13.3 Å². The van der Waals surface area contributed by atoms with Crippen LogP contribution in [0.4, 0.5) is 13.2 Å². The van der Waals surface area contributed by atoms with Crippen LogP contribution in [0.3, 0.4) is 0 Å². The molecule has 0 amide bonds. The Morgan fingerprint density at radius 1 is 1.48 bits per heavy atom. The van der Waals surface area contributed by atoms with E-state index in [0.717, 1.165) is 13.0 Å². The number of carbonyl (C=O) groups is 1. The number of alkyl halides is 3. The van der Waals surface area contributed by atoms with Gasteiger partial charge in [-0.15, -0.1) is 11.3 Å². The lowest BCUT2D eigenvalue weighted by molar-refractivity contribution is -0.152. The van der Waals surface area contributed by atoms with E-state index in [1.54, 1.807) is 4.72 Å². The van der Waals surface area contributed by atoms with Crippen molar-refractivity contribution in [2.75, 3.05) is 0 Å². The smallest absolute Gasteiger partial charge is 0.389 e. The zero-order valence-electron chi connectivity index (χ0n) is 10.5. The van der Waals surface area contributed by atoms with Crippen LogP contribution in [0, 0.1) is 5.92 Å². The highest BCUT2D eigenvalue weighted by Crippen LogP contribution is 2.29. The summed E-state index contributed by atoms with van der Waals surface area (Å²) in [6.45, 7) is 1.01. The zero-order chi connectivity index (χ0) is 16.4. The molecule has 1 heterocycles. The topological polar surface area (TPSA) is 83.5 Å². The minimum Gasteiger partial charge on any atom is -0.480 e. The van der Waals surface area contributed by atoms with Crippen molar-refractivity contribution in [1.29, 1.82) is 0 Å². The summed E-state index contributed by atoms with van der Waals surface area (Å²) in [6.07, 6.45) is -6.01. The van der Waals surface area contributed by atoms with Gasteiger partial charge in [0.2, 0.25) is 0 Å². The van der Waals surface area contributed by atoms with E-state index in [1.165, 1.54) is 6.07 Å². The largest absolute Gasteiger partial charge is 0.480 e. The fourth-order valence-corrected chi connectivity index (χ4v) is 4.36.